The highest BCUT2D eigenvalue weighted by Crippen LogP contribution is 2.69. The first kappa shape index (κ1) is 21.5. The van der Waals surface area contributed by atoms with E-state index in [0.717, 1.165) is 37.7 Å². The predicted molar refractivity (Wildman–Crippen MR) is 118 cm³/mol. The molecule has 5 rings (SSSR count). The van der Waals surface area contributed by atoms with Gasteiger partial charge in [0.2, 0.25) is 0 Å². The van der Waals surface area contributed by atoms with E-state index in [1.54, 1.807) is 6.08 Å². The minimum atomic E-state index is -0.431. The number of rotatable bonds is 3. The number of ether oxygens (including phenoxy) is 1. The van der Waals surface area contributed by atoms with Crippen LogP contribution in [0.4, 0.5) is 0 Å². The van der Waals surface area contributed by atoms with Gasteiger partial charge in [0, 0.05) is 29.6 Å². The molecule has 5 heteroatoms. The first-order chi connectivity index (χ1) is 15.1. The zero-order valence-corrected chi connectivity index (χ0v) is 19.2. The van der Waals surface area contributed by atoms with Gasteiger partial charge in [-0.15, -0.1) is 0 Å². The molecule has 1 heterocycles. The SMILES string of the molecule is CC(=O)/C=C/C(=O)[C@@H]1CC2=CC(=O)CC[C@]2(C)C2=CC[C@@]3(C)[C@@H](CC[C@@]34CCC(=O)O4)[C@@H]21. The molecule has 5 aliphatic rings. The van der Waals surface area contributed by atoms with Gasteiger partial charge in [0.15, 0.2) is 17.3 Å². The quantitative estimate of drug-likeness (QED) is 0.371. The van der Waals surface area contributed by atoms with E-state index in [1.807, 2.05) is 0 Å². The summed E-state index contributed by atoms with van der Waals surface area (Å²) in [4.78, 5) is 49.3. The number of carbonyl (C=O) groups excluding carboxylic acids is 4. The van der Waals surface area contributed by atoms with Crippen LogP contribution in [0.15, 0.2) is 35.5 Å². The van der Waals surface area contributed by atoms with Crippen molar-refractivity contribution in [3.63, 3.8) is 0 Å². The maximum absolute atomic E-state index is 13.4. The Labute approximate surface area is 189 Å². The molecule has 0 aromatic carbocycles. The second-order valence-electron chi connectivity index (χ2n) is 11.0. The van der Waals surface area contributed by atoms with E-state index in [0.29, 0.717) is 19.3 Å². The Hall–Kier alpha value is -2.30. The minimum absolute atomic E-state index is 0.0364. The largest absolute Gasteiger partial charge is 0.458 e. The van der Waals surface area contributed by atoms with Crippen LogP contribution in [0.3, 0.4) is 0 Å². The van der Waals surface area contributed by atoms with E-state index in [2.05, 4.69) is 19.9 Å². The van der Waals surface area contributed by atoms with Crippen LogP contribution in [0.2, 0.25) is 0 Å². The second-order valence-corrected chi connectivity index (χ2v) is 11.0. The minimum Gasteiger partial charge on any atom is -0.458 e. The fourth-order valence-corrected chi connectivity index (χ4v) is 7.75. The molecule has 0 unspecified atom stereocenters. The lowest BCUT2D eigenvalue weighted by Gasteiger charge is -2.56. The summed E-state index contributed by atoms with van der Waals surface area (Å²) in [5, 5.41) is 0. The molecule has 0 aromatic rings. The molecule has 3 fully saturated rings. The molecule has 0 amide bonds. The number of hydrogen-bond acceptors (Lipinski definition) is 5. The van der Waals surface area contributed by atoms with Crippen molar-refractivity contribution in [3.8, 4) is 0 Å². The first-order valence-corrected chi connectivity index (χ1v) is 12.0. The third kappa shape index (κ3) is 2.89. The predicted octanol–water partition coefficient (Wildman–Crippen LogP) is 4.45. The summed E-state index contributed by atoms with van der Waals surface area (Å²) in [6.45, 7) is 5.93. The number of esters is 1. The molecule has 0 bridgehead atoms. The summed E-state index contributed by atoms with van der Waals surface area (Å²) in [5.41, 5.74) is 1.54. The fraction of sp³-hybridized carbons (Fsp3) is 0.630. The fourth-order valence-electron chi connectivity index (χ4n) is 7.75. The molecule has 5 nitrogen and oxygen atoms in total. The first-order valence-electron chi connectivity index (χ1n) is 12.0. The van der Waals surface area contributed by atoms with Crippen molar-refractivity contribution in [1.29, 1.82) is 0 Å². The van der Waals surface area contributed by atoms with Crippen LogP contribution in [0.1, 0.15) is 72.1 Å². The number of fused-ring (bicyclic) bond motifs is 6. The van der Waals surface area contributed by atoms with E-state index >= 15 is 0 Å². The molecule has 1 spiro atoms. The number of hydrogen-bond donors (Lipinski definition) is 0. The van der Waals surface area contributed by atoms with E-state index in [1.165, 1.54) is 24.6 Å². The van der Waals surface area contributed by atoms with Crippen LogP contribution in [-0.2, 0) is 23.9 Å². The van der Waals surface area contributed by atoms with Crippen molar-refractivity contribution in [2.24, 2.45) is 28.6 Å². The van der Waals surface area contributed by atoms with E-state index < -0.39 is 5.60 Å². The summed E-state index contributed by atoms with van der Waals surface area (Å²) >= 11 is 0. The molecule has 0 radical (unpaired) electrons. The van der Waals surface area contributed by atoms with Gasteiger partial charge in [-0.25, -0.2) is 0 Å². The summed E-state index contributed by atoms with van der Waals surface area (Å²) in [6.07, 6.45) is 12.6. The van der Waals surface area contributed by atoms with Crippen LogP contribution in [0.5, 0.6) is 0 Å². The van der Waals surface area contributed by atoms with Gasteiger partial charge in [-0.1, -0.05) is 31.1 Å². The Morgan fingerprint density at radius 2 is 1.88 bits per heavy atom. The number of carbonyl (C=O) groups is 4. The highest BCUT2D eigenvalue weighted by Gasteiger charge is 2.67. The van der Waals surface area contributed by atoms with Crippen molar-refractivity contribution >= 4 is 23.3 Å². The van der Waals surface area contributed by atoms with Crippen molar-refractivity contribution in [1.82, 2.24) is 0 Å². The van der Waals surface area contributed by atoms with Gasteiger partial charge in [0.25, 0.3) is 0 Å². The second kappa shape index (κ2) is 7.10. The third-order valence-electron chi connectivity index (χ3n) is 9.57. The van der Waals surface area contributed by atoms with Gasteiger partial charge >= 0.3 is 5.97 Å². The van der Waals surface area contributed by atoms with E-state index in [9.17, 15) is 19.2 Å². The Kier molecular flexibility index (Phi) is 4.78. The molecule has 1 aliphatic heterocycles. The van der Waals surface area contributed by atoms with Gasteiger partial charge in [0.1, 0.15) is 5.60 Å². The van der Waals surface area contributed by atoms with E-state index in [4.69, 9.17) is 4.74 Å². The Bertz CT molecular complexity index is 1020. The van der Waals surface area contributed by atoms with E-state index in [-0.39, 0.29) is 51.9 Å². The van der Waals surface area contributed by atoms with Crippen LogP contribution in [0.25, 0.3) is 0 Å². The van der Waals surface area contributed by atoms with Crippen LogP contribution in [0, 0.1) is 28.6 Å². The van der Waals surface area contributed by atoms with Crippen molar-refractivity contribution in [3.05, 3.63) is 35.5 Å². The monoisotopic (exact) mass is 436 g/mol. The van der Waals surface area contributed by atoms with Crippen molar-refractivity contribution in [2.75, 3.05) is 0 Å². The number of allylic oxidation sites excluding steroid dienone is 6. The summed E-state index contributed by atoms with van der Waals surface area (Å²) in [6, 6.07) is 0. The zero-order valence-electron chi connectivity index (χ0n) is 19.2. The van der Waals surface area contributed by atoms with Crippen molar-refractivity contribution in [2.45, 2.75) is 77.7 Å². The average Bonchev–Trinajstić information content (AvgIpc) is 3.26. The molecule has 2 saturated carbocycles. The molecule has 6 atom stereocenters. The van der Waals surface area contributed by atoms with Crippen LogP contribution < -0.4 is 0 Å². The zero-order chi connectivity index (χ0) is 22.9. The van der Waals surface area contributed by atoms with Crippen molar-refractivity contribution < 1.29 is 23.9 Å². The molecule has 4 aliphatic carbocycles. The Morgan fingerprint density at radius 3 is 2.56 bits per heavy atom. The third-order valence-corrected chi connectivity index (χ3v) is 9.57. The molecule has 0 N–H and O–H groups in total. The maximum atomic E-state index is 13.4. The molecule has 0 aromatic heterocycles. The maximum Gasteiger partial charge on any atom is 0.306 e. The molecule has 170 valence electrons. The normalized spacial score (nSPS) is 42.8. The number of ketones is 3. The smallest absolute Gasteiger partial charge is 0.306 e. The standard InChI is InChI=1S/C27H32O5/c1-16(28)4-5-22(30)19-15-17-14-18(29)6-10-25(17,2)20-7-11-26(3)21(24(19)20)8-12-27(26)13-9-23(31)32-27/h4-5,7,14,19,21,24H,6,8-13,15H2,1-3H3/b5-4+/t19-,21-,24+,25-,26-,27+/m0/s1. The Morgan fingerprint density at radius 1 is 1.09 bits per heavy atom. The summed E-state index contributed by atoms with van der Waals surface area (Å²) in [7, 11) is 0. The molecule has 1 saturated heterocycles. The molecule has 32 heavy (non-hydrogen) atoms. The average molecular weight is 437 g/mol. The highest BCUT2D eigenvalue weighted by molar-refractivity contribution is 6.00. The van der Waals surface area contributed by atoms with Crippen LogP contribution >= 0.6 is 0 Å². The topological polar surface area (TPSA) is 77.5 Å². The lowest BCUT2D eigenvalue weighted by molar-refractivity contribution is -0.161. The van der Waals surface area contributed by atoms with Gasteiger partial charge in [0.05, 0.1) is 0 Å². The van der Waals surface area contributed by atoms with Gasteiger partial charge in [-0.2, -0.15) is 0 Å². The van der Waals surface area contributed by atoms with Crippen LogP contribution in [-0.4, -0.2) is 28.9 Å². The van der Waals surface area contributed by atoms with Gasteiger partial charge in [-0.05, 0) is 75.5 Å². The lowest BCUT2D eigenvalue weighted by atomic mass is 9.47. The lowest BCUT2D eigenvalue weighted by Crippen LogP contribution is -2.53. The molecular formula is C27H32O5. The Balaban J connectivity index is 1.61. The van der Waals surface area contributed by atoms with Gasteiger partial charge in [-0.3, -0.25) is 19.2 Å². The summed E-state index contributed by atoms with van der Waals surface area (Å²) < 4.78 is 6.01. The molecular weight excluding hydrogens is 404 g/mol. The highest BCUT2D eigenvalue weighted by atomic mass is 16.6. The van der Waals surface area contributed by atoms with Gasteiger partial charge < -0.3 is 4.74 Å². The summed E-state index contributed by atoms with van der Waals surface area (Å²) in [5.74, 6) is -0.153.